The zero-order valence-electron chi connectivity index (χ0n) is 13.6. The Balaban J connectivity index is 1.52. The van der Waals surface area contributed by atoms with Gasteiger partial charge in [-0.15, -0.1) is 0 Å². The Hall–Kier alpha value is -2.88. The van der Waals surface area contributed by atoms with Crippen molar-refractivity contribution in [2.75, 3.05) is 6.61 Å². The van der Waals surface area contributed by atoms with E-state index in [1.807, 2.05) is 0 Å². The molecular weight excluding hydrogens is 385 g/mol. The monoisotopic (exact) mass is 398 g/mol. The molecule has 1 atom stereocenters. The minimum atomic E-state index is -4.40. The first-order valence-electron chi connectivity index (χ1n) is 7.66. The molecule has 0 saturated heterocycles. The van der Waals surface area contributed by atoms with Crippen LogP contribution in [-0.2, 0) is 4.79 Å². The lowest BCUT2D eigenvalue weighted by Gasteiger charge is -2.25. The summed E-state index contributed by atoms with van der Waals surface area (Å²) in [7, 11) is 0. The number of halogens is 3. The van der Waals surface area contributed by atoms with Gasteiger partial charge in [0.15, 0.2) is 11.5 Å². The van der Waals surface area contributed by atoms with Crippen LogP contribution in [-0.4, -0.2) is 30.0 Å². The fourth-order valence-corrected chi connectivity index (χ4v) is 2.77. The summed E-state index contributed by atoms with van der Waals surface area (Å²) in [4.78, 5) is 24.0. The second kappa shape index (κ2) is 7.78. The highest BCUT2D eigenvalue weighted by atomic mass is 32.2. The normalized spacial score (nSPS) is 15.7. The second-order valence-corrected chi connectivity index (χ2v) is 6.52. The van der Waals surface area contributed by atoms with Crippen molar-refractivity contribution in [3.05, 3.63) is 54.1 Å². The number of hydrazine groups is 1. The van der Waals surface area contributed by atoms with E-state index in [4.69, 9.17) is 9.47 Å². The first kappa shape index (κ1) is 18.9. The lowest BCUT2D eigenvalue weighted by atomic mass is 10.2. The van der Waals surface area contributed by atoms with E-state index >= 15 is 0 Å². The van der Waals surface area contributed by atoms with Crippen LogP contribution < -0.4 is 20.3 Å². The summed E-state index contributed by atoms with van der Waals surface area (Å²) in [5.74, 6) is -0.374. The maximum absolute atomic E-state index is 12.3. The Kier molecular flexibility index (Phi) is 5.45. The Morgan fingerprint density at radius 3 is 2.33 bits per heavy atom. The van der Waals surface area contributed by atoms with Crippen molar-refractivity contribution in [3.63, 3.8) is 0 Å². The van der Waals surface area contributed by atoms with Gasteiger partial charge in [-0.2, -0.15) is 13.2 Å². The average Bonchev–Trinajstić information content (AvgIpc) is 2.64. The molecule has 27 heavy (non-hydrogen) atoms. The molecule has 1 aliphatic rings. The van der Waals surface area contributed by atoms with Crippen molar-refractivity contribution in [2.45, 2.75) is 16.5 Å². The third-order valence-corrected chi connectivity index (χ3v) is 4.19. The average molecular weight is 398 g/mol. The molecule has 0 radical (unpaired) electrons. The molecule has 1 unspecified atom stereocenters. The largest absolute Gasteiger partial charge is 0.485 e. The van der Waals surface area contributed by atoms with Gasteiger partial charge in [0.05, 0.1) is 0 Å². The zero-order chi connectivity index (χ0) is 19.4. The molecule has 0 spiro atoms. The Morgan fingerprint density at radius 2 is 1.67 bits per heavy atom. The summed E-state index contributed by atoms with van der Waals surface area (Å²) < 4.78 is 47.8. The highest BCUT2D eigenvalue weighted by Crippen LogP contribution is 2.36. The maximum atomic E-state index is 12.3. The molecule has 2 aromatic rings. The van der Waals surface area contributed by atoms with Gasteiger partial charge in [0.25, 0.3) is 11.8 Å². The third kappa shape index (κ3) is 5.07. The van der Waals surface area contributed by atoms with Crippen LogP contribution in [0.25, 0.3) is 0 Å². The number of para-hydroxylation sites is 2. The van der Waals surface area contributed by atoms with Crippen LogP contribution in [0, 0.1) is 0 Å². The van der Waals surface area contributed by atoms with E-state index in [0.717, 1.165) is 0 Å². The highest BCUT2D eigenvalue weighted by Gasteiger charge is 2.29. The molecule has 0 fully saturated rings. The SMILES string of the molecule is O=C(NNC(=O)C1COc2ccccc2O1)c1ccc(SC(F)(F)F)cc1. The minimum Gasteiger partial charge on any atom is -0.485 e. The third-order valence-electron chi connectivity index (χ3n) is 3.45. The zero-order valence-corrected chi connectivity index (χ0v) is 14.4. The first-order chi connectivity index (χ1) is 12.8. The lowest BCUT2D eigenvalue weighted by molar-refractivity contribution is -0.131. The molecule has 0 bridgehead atoms. The number of rotatable bonds is 3. The summed E-state index contributed by atoms with van der Waals surface area (Å²) in [6, 6.07) is 11.6. The maximum Gasteiger partial charge on any atom is 0.446 e. The van der Waals surface area contributed by atoms with Crippen LogP contribution in [0.15, 0.2) is 53.4 Å². The summed E-state index contributed by atoms with van der Waals surface area (Å²) in [6.45, 7) is -0.0257. The molecule has 2 N–H and O–H groups in total. The summed E-state index contributed by atoms with van der Waals surface area (Å²) in [6.07, 6.45) is -0.953. The fourth-order valence-electron chi connectivity index (χ4n) is 2.23. The molecule has 1 aliphatic heterocycles. The van der Waals surface area contributed by atoms with Crippen LogP contribution >= 0.6 is 11.8 Å². The van der Waals surface area contributed by atoms with Crippen molar-refractivity contribution >= 4 is 23.6 Å². The Labute approximate surface area is 156 Å². The highest BCUT2D eigenvalue weighted by molar-refractivity contribution is 8.00. The van der Waals surface area contributed by atoms with Gasteiger partial charge < -0.3 is 9.47 Å². The standard InChI is InChI=1S/C17H13F3N2O4S/c18-17(19,20)27-11-7-5-10(6-8-11)15(23)21-22-16(24)14-9-25-12-3-1-2-4-13(12)26-14/h1-8,14H,9H2,(H,21,23)(H,22,24). The predicted molar refractivity (Wildman–Crippen MR) is 90.3 cm³/mol. The molecule has 6 nitrogen and oxygen atoms in total. The fraction of sp³-hybridized carbons (Fsp3) is 0.176. The Morgan fingerprint density at radius 1 is 1.00 bits per heavy atom. The number of amides is 2. The molecule has 0 aliphatic carbocycles. The smallest absolute Gasteiger partial charge is 0.446 e. The van der Waals surface area contributed by atoms with Crippen molar-refractivity contribution in [3.8, 4) is 11.5 Å². The van der Waals surface area contributed by atoms with Gasteiger partial charge in [-0.1, -0.05) is 12.1 Å². The number of ether oxygens (including phenoxy) is 2. The topological polar surface area (TPSA) is 76.7 Å². The van der Waals surface area contributed by atoms with E-state index in [-0.39, 0.29) is 28.8 Å². The number of alkyl halides is 3. The minimum absolute atomic E-state index is 0.0257. The van der Waals surface area contributed by atoms with Crippen molar-refractivity contribution in [1.29, 1.82) is 0 Å². The summed E-state index contributed by atoms with van der Waals surface area (Å²) in [5.41, 5.74) is 0.0767. The number of carbonyl (C=O) groups excluding carboxylic acids is 2. The van der Waals surface area contributed by atoms with Crippen LogP contribution in [0.3, 0.4) is 0 Å². The van der Waals surface area contributed by atoms with Gasteiger partial charge in [0, 0.05) is 10.5 Å². The van der Waals surface area contributed by atoms with Crippen LogP contribution in [0.5, 0.6) is 11.5 Å². The Bertz CT molecular complexity index is 843. The van der Waals surface area contributed by atoms with Gasteiger partial charge >= 0.3 is 5.51 Å². The quantitative estimate of drug-likeness (QED) is 0.614. The van der Waals surface area contributed by atoms with Gasteiger partial charge in [0.1, 0.15) is 6.61 Å². The van der Waals surface area contributed by atoms with Gasteiger partial charge in [-0.05, 0) is 48.2 Å². The number of hydrogen-bond acceptors (Lipinski definition) is 5. The van der Waals surface area contributed by atoms with Crippen LogP contribution in [0.1, 0.15) is 10.4 Å². The van der Waals surface area contributed by atoms with E-state index < -0.39 is 23.4 Å². The molecule has 3 rings (SSSR count). The molecule has 0 aromatic heterocycles. The molecule has 0 saturated carbocycles. The summed E-state index contributed by atoms with van der Waals surface area (Å²) in [5, 5.41) is 0. The van der Waals surface area contributed by atoms with Crippen molar-refractivity contribution in [1.82, 2.24) is 10.9 Å². The number of benzene rings is 2. The van der Waals surface area contributed by atoms with E-state index in [1.54, 1.807) is 24.3 Å². The number of nitrogens with one attached hydrogen (secondary N) is 2. The molecule has 142 valence electrons. The first-order valence-corrected chi connectivity index (χ1v) is 8.48. The van der Waals surface area contributed by atoms with Gasteiger partial charge in [-0.25, -0.2) is 0 Å². The van der Waals surface area contributed by atoms with Crippen molar-refractivity contribution in [2.24, 2.45) is 0 Å². The number of fused-ring (bicyclic) bond motifs is 1. The van der Waals surface area contributed by atoms with E-state index in [2.05, 4.69) is 10.9 Å². The predicted octanol–water partition coefficient (Wildman–Crippen LogP) is 2.90. The van der Waals surface area contributed by atoms with Gasteiger partial charge in [-0.3, -0.25) is 20.4 Å². The summed E-state index contributed by atoms with van der Waals surface area (Å²) >= 11 is -0.279. The molecule has 2 amide bonds. The van der Waals surface area contributed by atoms with Crippen LogP contribution in [0.4, 0.5) is 13.2 Å². The van der Waals surface area contributed by atoms with Crippen molar-refractivity contribution < 1.29 is 32.2 Å². The lowest BCUT2D eigenvalue weighted by Crippen LogP contribution is -2.50. The molecular formula is C17H13F3N2O4S. The molecule has 10 heteroatoms. The number of thioether (sulfide) groups is 1. The van der Waals surface area contributed by atoms with Crippen LogP contribution in [0.2, 0.25) is 0 Å². The number of carbonyl (C=O) groups is 2. The number of hydrogen-bond donors (Lipinski definition) is 2. The van der Waals surface area contributed by atoms with E-state index in [9.17, 15) is 22.8 Å². The molecule has 1 heterocycles. The van der Waals surface area contributed by atoms with E-state index in [0.29, 0.717) is 11.5 Å². The second-order valence-electron chi connectivity index (χ2n) is 5.38. The molecule has 2 aromatic carbocycles. The van der Waals surface area contributed by atoms with E-state index in [1.165, 1.54) is 24.3 Å². The van der Waals surface area contributed by atoms with Gasteiger partial charge in [0.2, 0.25) is 6.10 Å².